The van der Waals surface area contributed by atoms with E-state index in [1.54, 1.807) is 6.07 Å². The summed E-state index contributed by atoms with van der Waals surface area (Å²) in [6.07, 6.45) is 0.539. The molecule has 174 valence electrons. The van der Waals surface area contributed by atoms with Gasteiger partial charge in [0, 0.05) is 12.7 Å². The minimum absolute atomic E-state index is 0.232. The number of rotatable bonds is 9. The maximum absolute atomic E-state index is 10.7. The fourth-order valence-corrected chi connectivity index (χ4v) is 10.1. The second kappa shape index (κ2) is 10.6. The van der Waals surface area contributed by atoms with E-state index in [4.69, 9.17) is 9.16 Å². The summed E-state index contributed by atoms with van der Waals surface area (Å²) in [6.45, 7) is 7.05. The minimum Gasteiger partial charge on any atom is -0.508 e. The largest absolute Gasteiger partial charge is 0.508 e. The van der Waals surface area contributed by atoms with Gasteiger partial charge in [-0.1, -0.05) is 54.6 Å². The predicted octanol–water partition coefficient (Wildman–Crippen LogP) is 5.17. The highest BCUT2D eigenvalue weighted by Gasteiger charge is 2.50. The van der Waals surface area contributed by atoms with Crippen molar-refractivity contribution in [3.8, 4) is 11.5 Å². The Labute approximate surface area is 204 Å². The van der Waals surface area contributed by atoms with Crippen molar-refractivity contribution in [2.75, 3.05) is 12.8 Å². The first-order valence-corrected chi connectivity index (χ1v) is 16.5. The fourth-order valence-electron chi connectivity index (χ4n) is 4.39. The van der Waals surface area contributed by atoms with Crippen LogP contribution in [0.15, 0.2) is 109 Å². The van der Waals surface area contributed by atoms with Gasteiger partial charge in [0.05, 0.1) is 0 Å². The highest BCUT2D eigenvalue weighted by atomic mass is 31.2. The molecular weight excluding hydrogens is 455 g/mol. The molecule has 0 saturated carbocycles. The average molecular weight is 488 g/mol. The van der Waals surface area contributed by atoms with E-state index in [0.717, 1.165) is 11.1 Å². The Kier molecular flexibility index (Phi) is 7.53. The SMILES string of the molecule is CCO[Si](C)(C)COc1ccc(O)cc1[P+](c1ccccc1)(c1ccccc1)c1ccccc1. The van der Waals surface area contributed by atoms with E-state index in [0.29, 0.717) is 12.8 Å². The van der Waals surface area contributed by atoms with Crippen LogP contribution in [-0.4, -0.2) is 26.3 Å². The van der Waals surface area contributed by atoms with Crippen molar-refractivity contribution in [2.24, 2.45) is 0 Å². The van der Waals surface area contributed by atoms with Crippen LogP contribution in [0.5, 0.6) is 11.5 Å². The lowest BCUT2D eigenvalue weighted by molar-refractivity contribution is 0.285. The molecule has 34 heavy (non-hydrogen) atoms. The summed E-state index contributed by atoms with van der Waals surface area (Å²) in [5.74, 6) is 1.03. The number of ether oxygens (including phenoxy) is 1. The van der Waals surface area contributed by atoms with E-state index in [-0.39, 0.29) is 5.75 Å². The van der Waals surface area contributed by atoms with Gasteiger partial charge >= 0.3 is 0 Å². The van der Waals surface area contributed by atoms with E-state index in [9.17, 15) is 5.11 Å². The first-order chi connectivity index (χ1) is 16.5. The molecule has 0 atom stereocenters. The minimum atomic E-state index is -2.38. The molecule has 0 aliphatic heterocycles. The third kappa shape index (κ3) is 4.95. The number of phenolic OH excluding ortho intramolecular Hbond substituents is 1. The monoisotopic (exact) mass is 487 g/mol. The molecule has 0 saturated heterocycles. The Morgan fingerprint density at radius 3 is 1.62 bits per heavy atom. The summed E-state index contributed by atoms with van der Waals surface area (Å²) in [7, 11) is -4.37. The van der Waals surface area contributed by atoms with Gasteiger partial charge in [-0.3, -0.25) is 0 Å². The summed E-state index contributed by atoms with van der Waals surface area (Å²) in [4.78, 5) is 0. The van der Waals surface area contributed by atoms with Crippen molar-refractivity contribution in [1.82, 2.24) is 0 Å². The summed E-state index contributed by atoms with van der Waals surface area (Å²) < 4.78 is 12.6. The fraction of sp³-hybridized carbons (Fsp3) is 0.172. The van der Waals surface area contributed by atoms with Crippen LogP contribution in [0.2, 0.25) is 13.1 Å². The van der Waals surface area contributed by atoms with Gasteiger partial charge in [-0.05, 0) is 68.5 Å². The molecule has 0 unspecified atom stereocenters. The molecule has 0 heterocycles. The quantitative estimate of drug-likeness (QED) is 0.261. The van der Waals surface area contributed by atoms with Crippen LogP contribution in [-0.2, 0) is 4.43 Å². The van der Waals surface area contributed by atoms with Crippen LogP contribution in [0.1, 0.15) is 6.92 Å². The zero-order chi connectivity index (χ0) is 24.0. The molecule has 1 N–H and O–H groups in total. The lowest BCUT2D eigenvalue weighted by Crippen LogP contribution is -2.41. The van der Waals surface area contributed by atoms with Crippen molar-refractivity contribution in [1.29, 1.82) is 0 Å². The van der Waals surface area contributed by atoms with Crippen LogP contribution >= 0.6 is 7.26 Å². The number of hydrogen-bond acceptors (Lipinski definition) is 3. The lowest BCUT2D eigenvalue weighted by Gasteiger charge is -2.30. The molecule has 5 heteroatoms. The maximum atomic E-state index is 10.7. The van der Waals surface area contributed by atoms with Crippen LogP contribution in [0, 0.1) is 0 Å². The smallest absolute Gasteiger partial charge is 0.224 e. The van der Waals surface area contributed by atoms with Gasteiger partial charge in [0.15, 0.2) is 11.1 Å². The summed E-state index contributed by atoms with van der Waals surface area (Å²) in [5, 5.41) is 15.3. The molecule has 3 nitrogen and oxygen atoms in total. The van der Waals surface area contributed by atoms with Gasteiger partial charge in [0.25, 0.3) is 0 Å². The van der Waals surface area contributed by atoms with Gasteiger partial charge < -0.3 is 14.3 Å². The van der Waals surface area contributed by atoms with Crippen LogP contribution in [0.3, 0.4) is 0 Å². The predicted molar refractivity (Wildman–Crippen MR) is 147 cm³/mol. The van der Waals surface area contributed by atoms with Crippen LogP contribution in [0.4, 0.5) is 0 Å². The first kappa shape index (κ1) is 24.2. The van der Waals surface area contributed by atoms with E-state index in [2.05, 4.69) is 85.9 Å². The summed E-state index contributed by atoms with van der Waals surface area (Å²) in [5.41, 5.74) is 0. The Morgan fingerprint density at radius 2 is 1.18 bits per heavy atom. The van der Waals surface area contributed by atoms with Crippen molar-refractivity contribution in [2.45, 2.75) is 20.0 Å². The van der Waals surface area contributed by atoms with Gasteiger partial charge in [-0.15, -0.1) is 0 Å². The molecule has 4 aromatic carbocycles. The molecule has 4 aromatic rings. The average Bonchev–Trinajstić information content (AvgIpc) is 2.86. The summed E-state index contributed by atoms with van der Waals surface area (Å²) >= 11 is 0. The van der Waals surface area contributed by atoms with Gasteiger partial charge in [0.2, 0.25) is 8.32 Å². The van der Waals surface area contributed by atoms with Crippen LogP contribution < -0.4 is 26.0 Å². The lowest BCUT2D eigenvalue weighted by atomic mass is 10.3. The summed E-state index contributed by atoms with van der Waals surface area (Å²) in [6, 6.07) is 37.3. The standard InChI is InChI=1S/C29H31O3PSi/c1-4-32-34(2,3)23-31-28-21-20-24(30)22-29(28)33(25-14-8-5-9-15-25,26-16-10-6-11-17-26)27-18-12-7-13-19-27/h5-22H,4,23H2,1-3H3/p+1. The van der Waals surface area contributed by atoms with Gasteiger partial charge in [-0.2, -0.15) is 0 Å². The Bertz CT molecular complexity index is 1100. The second-order valence-electron chi connectivity index (χ2n) is 8.81. The topological polar surface area (TPSA) is 38.7 Å². The first-order valence-electron chi connectivity index (χ1n) is 11.6. The molecular formula is C29H32O3PSi+. The number of phenols is 1. The molecule has 0 aromatic heterocycles. The highest BCUT2D eigenvalue weighted by molar-refractivity contribution is 8.01. The normalized spacial score (nSPS) is 11.9. The second-order valence-corrected chi connectivity index (χ2v) is 16.3. The Hall–Kier alpha value is -2.91. The van der Waals surface area contributed by atoms with Gasteiger partial charge in [-0.25, -0.2) is 0 Å². The van der Waals surface area contributed by atoms with E-state index in [1.165, 1.54) is 15.9 Å². The van der Waals surface area contributed by atoms with Crippen molar-refractivity contribution in [3.05, 3.63) is 109 Å². The molecule has 0 amide bonds. The molecule has 0 spiro atoms. The van der Waals surface area contributed by atoms with E-state index < -0.39 is 15.6 Å². The number of aromatic hydroxyl groups is 1. The third-order valence-electron chi connectivity index (χ3n) is 5.84. The van der Waals surface area contributed by atoms with Crippen molar-refractivity contribution in [3.63, 3.8) is 0 Å². The van der Waals surface area contributed by atoms with Gasteiger partial charge in [0.1, 0.15) is 35.2 Å². The maximum Gasteiger partial charge on any atom is 0.224 e. The van der Waals surface area contributed by atoms with E-state index in [1.807, 2.05) is 37.3 Å². The van der Waals surface area contributed by atoms with Crippen molar-refractivity contribution >= 4 is 36.8 Å². The zero-order valence-electron chi connectivity index (χ0n) is 20.0. The van der Waals surface area contributed by atoms with Crippen molar-refractivity contribution < 1.29 is 14.3 Å². The third-order valence-corrected chi connectivity index (χ3v) is 12.0. The number of benzene rings is 4. The molecule has 0 bridgehead atoms. The van der Waals surface area contributed by atoms with E-state index >= 15 is 0 Å². The van der Waals surface area contributed by atoms with Crippen LogP contribution in [0.25, 0.3) is 0 Å². The molecule has 0 aliphatic rings. The molecule has 0 aliphatic carbocycles. The number of hydrogen-bond donors (Lipinski definition) is 1. The molecule has 0 fully saturated rings. The zero-order valence-corrected chi connectivity index (χ0v) is 21.9. The highest BCUT2D eigenvalue weighted by Crippen LogP contribution is 2.56. The Morgan fingerprint density at radius 1 is 0.706 bits per heavy atom. The Balaban J connectivity index is 2.02. The molecule has 0 radical (unpaired) electrons. The molecule has 4 rings (SSSR count).